The van der Waals surface area contributed by atoms with Crippen LogP contribution in [0.2, 0.25) is 0 Å². The second-order valence-corrected chi connectivity index (χ2v) is 7.03. The zero-order valence-corrected chi connectivity index (χ0v) is 16.3. The first kappa shape index (κ1) is 19.2. The normalized spacial score (nSPS) is 14.7. The van der Waals surface area contributed by atoms with Crippen molar-refractivity contribution < 1.29 is 0 Å². The van der Waals surface area contributed by atoms with Gasteiger partial charge in [-0.25, -0.2) is 9.98 Å². The number of hydrogen-bond acceptors (Lipinski definition) is 2. The number of benzene rings is 1. The lowest BCUT2D eigenvalue weighted by Crippen LogP contribution is -2.37. The summed E-state index contributed by atoms with van der Waals surface area (Å²) in [7, 11) is 0. The van der Waals surface area contributed by atoms with Crippen LogP contribution in [0.25, 0.3) is 0 Å². The fourth-order valence-corrected chi connectivity index (χ4v) is 3.33. The van der Waals surface area contributed by atoms with E-state index in [4.69, 9.17) is 4.99 Å². The van der Waals surface area contributed by atoms with Gasteiger partial charge >= 0.3 is 0 Å². The van der Waals surface area contributed by atoms with Crippen LogP contribution in [0.1, 0.15) is 50.2 Å². The van der Waals surface area contributed by atoms with Crippen molar-refractivity contribution in [2.75, 3.05) is 13.1 Å². The zero-order valence-electron chi connectivity index (χ0n) is 16.3. The summed E-state index contributed by atoms with van der Waals surface area (Å²) in [6.45, 7) is 5.46. The van der Waals surface area contributed by atoms with Gasteiger partial charge in [-0.2, -0.15) is 0 Å². The average molecular weight is 366 g/mol. The molecule has 0 atom stereocenters. The molecule has 0 saturated heterocycles. The lowest BCUT2D eigenvalue weighted by Gasteiger charge is -2.15. The Kier molecular flexibility index (Phi) is 7.51. The fraction of sp³-hybridized carbons (Fsp3) is 0.455. The summed E-state index contributed by atoms with van der Waals surface area (Å²) in [6, 6.07) is 8.65. The Morgan fingerprint density at radius 3 is 2.70 bits per heavy atom. The standard InChI is InChI=1S/C22H31N5/c1-2-24-22(25-13-12-19-6-4-3-5-7-19)26-16-20-8-10-21(11-9-20)17-27-15-14-23-18-27/h6,8-11,14-15,18H,2-5,7,12-13,16-17H2,1H3,(H2,24,25,26). The van der Waals surface area contributed by atoms with E-state index >= 15 is 0 Å². The van der Waals surface area contributed by atoms with Gasteiger partial charge in [0, 0.05) is 32.0 Å². The molecule has 5 heteroatoms. The molecule has 1 aromatic carbocycles. The molecular weight excluding hydrogens is 334 g/mol. The van der Waals surface area contributed by atoms with Gasteiger partial charge in [0.2, 0.25) is 0 Å². The maximum absolute atomic E-state index is 4.73. The molecule has 0 bridgehead atoms. The quantitative estimate of drug-likeness (QED) is 0.424. The number of allylic oxidation sites excluding steroid dienone is 1. The predicted octanol–water partition coefficient (Wildman–Crippen LogP) is 3.88. The number of aromatic nitrogens is 2. The van der Waals surface area contributed by atoms with Crippen molar-refractivity contribution in [2.24, 2.45) is 4.99 Å². The summed E-state index contributed by atoms with van der Waals surface area (Å²) in [6.07, 6.45) is 14.4. The van der Waals surface area contributed by atoms with E-state index in [1.165, 1.54) is 36.8 Å². The highest BCUT2D eigenvalue weighted by atomic mass is 15.2. The number of imidazole rings is 1. The van der Waals surface area contributed by atoms with Crippen LogP contribution in [0.4, 0.5) is 0 Å². The number of aliphatic imine (C=N–C) groups is 1. The maximum atomic E-state index is 4.73. The number of rotatable bonds is 8. The van der Waals surface area contributed by atoms with Crippen LogP contribution < -0.4 is 10.6 Å². The molecule has 2 aromatic rings. The smallest absolute Gasteiger partial charge is 0.191 e. The third-order valence-corrected chi connectivity index (χ3v) is 4.83. The minimum atomic E-state index is 0.684. The molecule has 5 nitrogen and oxygen atoms in total. The van der Waals surface area contributed by atoms with E-state index < -0.39 is 0 Å². The molecule has 27 heavy (non-hydrogen) atoms. The number of hydrogen-bond donors (Lipinski definition) is 2. The van der Waals surface area contributed by atoms with Crippen LogP contribution in [0.15, 0.2) is 59.6 Å². The topological polar surface area (TPSA) is 54.2 Å². The highest BCUT2D eigenvalue weighted by Crippen LogP contribution is 2.19. The molecule has 144 valence electrons. The van der Waals surface area contributed by atoms with E-state index in [-0.39, 0.29) is 0 Å². The molecule has 2 N–H and O–H groups in total. The number of nitrogens with one attached hydrogen (secondary N) is 2. The van der Waals surface area contributed by atoms with Gasteiger partial charge in [-0.3, -0.25) is 0 Å². The second-order valence-electron chi connectivity index (χ2n) is 7.03. The van der Waals surface area contributed by atoms with E-state index in [0.717, 1.165) is 32.0 Å². The van der Waals surface area contributed by atoms with Crippen LogP contribution in [0.5, 0.6) is 0 Å². The Bertz CT molecular complexity index is 729. The second kappa shape index (κ2) is 10.6. The first-order chi connectivity index (χ1) is 13.3. The molecule has 1 heterocycles. The third kappa shape index (κ3) is 6.59. The van der Waals surface area contributed by atoms with Crippen molar-refractivity contribution in [2.45, 2.75) is 52.1 Å². The summed E-state index contributed by atoms with van der Waals surface area (Å²) in [5.74, 6) is 0.899. The molecule has 0 spiro atoms. The highest BCUT2D eigenvalue weighted by Gasteiger charge is 2.04. The molecule has 1 aromatic heterocycles. The van der Waals surface area contributed by atoms with Crippen molar-refractivity contribution in [3.05, 3.63) is 65.8 Å². The minimum Gasteiger partial charge on any atom is -0.357 e. The van der Waals surface area contributed by atoms with E-state index in [1.54, 1.807) is 5.57 Å². The molecule has 1 aliphatic carbocycles. The monoisotopic (exact) mass is 365 g/mol. The number of nitrogens with zero attached hydrogens (tertiary/aromatic N) is 3. The Balaban J connectivity index is 1.48. The van der Waals surface area contributed by atoms with E-state index in [2.05, 4.69) is 57.4 Å². The van der Waals surface area contributed by atoms with Crippen LogP contribution in [0.3, 0.4) is 0 Å². The fourth-order valence-electron chi connectivity index (χ4n) is 3.33. The first-order valence-electron chi connectivity index (χ1n) is 10.1. The Hall–Kier alpha value is -2.56. The van der Waals surface area contributed by atoms with Gasteiger partial charge in [-0.05, 0) is 50.2 Å². The van der Waals surface area contributed by atoms with Crippen molar-refractivity contribution in [1.82, 2.24) is 20.2 Å². The van der Waals surface area contributed by atoms with Gasteiger partial charge in [0.15, 0.2) is 5.96 Å². The first-order valence-corrected chi connectivity index (χ1v) is 10.1. The van der Waals surface area contributed by atoms with Gasteiger partial charge in [-0.1, -0.05) is 35.9 Å². The lowest BCUT2D eigenvalue weighted by molar-refractivity contribution is 0.665. The predicted molar refractivity (Wildman–Crippen MR) is 112 cm³/mol. The number of guanidine groups is 1. The van der Waals surface area contributed by atoms with Crippen molar-refractivity contribution in [3.8, 4) is 0 Å². The van der Waals surface area contributed by atoms with Crippen LogP contribution in [-0.4, -0.2) is 28.6 Å². The minimum absolute atomic E-state index is 0.684. The lowest BCUT2D eigenvalue weighted by atomic mass is 9.97. The largest absolute Gasteiger partial charge is 0.357 e. The van der Waals surface area contributed by atoms with Gasteiger partial charge in [0.1, 0.15) is 0 Å². The van der Waals surface area contributed by atoms with Crippen molar-refractivity contribution >= 4 is 5.96 Å². The van der Waals surface area contributed by atoms with Crippen LogP contribution >= 0.6 is 0 Å². The molecule has 0 aliphatic heterocycles. The highest BCUT2D eigenvalue weighted by molar-refractivity contribution is 5.79. The van der Waals surface area contributed by atoms with Gasteiger partial charge in [-0.15, -0.1) is 0 Å². The maximum Gasteiger partial charge on any atom is 0.191 e. The van der Waals surface area contributed by atoms with Crippen LogP contribution in [0, 0.1) is 0 Å². The zero-order chi connectivity index (χ0) is 18.7. The summed E-state index contributed by atoms with van der Waals surface area (Å²) < 4.78 is 2.07. The molecule has 0 radical (unpaired) electrons. The molecule has 0 amide bonds. The summed E-state index contributed by atoms with van der Waals surface area (Å²) in [5.41, 5.74) is 4.08. The summed E-state index contributed by atoms with van der Waals surface area (Å²) >= 11 is 0. The summed E-state index contributed by atoms with van der Waals surface area (Å²) in [5, 5.41) is 6.81. The van der Waals surface area contributed by atoms with Gasteiger partial charge in [0.25, 0.3) is 0 Å². The molecule has 3 rings (SSSR count). The van der Waals surface area contributed by atoms with E-state index in [9.17, 15) is 0 Å². The molecule has 1 aliphatic rings. The molecule has 0 unspecified atom stereocenters. The Morgan fingerprint density at radius 1 is 1.15 bits per heavy atom. The Morgan fingerprint density at radius 2 is 2.00 bits per heavy atom. The summed E-state index contributed by atoms with van der Waals surface area (Å²) in [4.78, 5) is 8.82. The average Bonchev–Trinajstić information content (AvgIpc) is 3.21. The van der Waals surface area contributed by atoms with Gasteiger partial charge in [0.05, 0.1) is 12.9 Å². The van der Waals surface area contributed by atoms with E-state index in [0.29, 0.717) is 6.54 Å². The SMILES string of the molecule is CCNC(=NCc1ccc(Cn2ccnc2)cc1)NCCC1=CCCCC1. The van der Waals surface area contributed by atoms with Crippen molar-refractivity contribution in [3.63, 3.8) is 0 Å². The van der Waals surface area contributed by atoms with Crippen molar-refractivity contribution in [1.29, 1.82) is 0 Å². The third-order valence-electron chi connectivity index (χ3n) is 4.83. The Labute approximate surface area is 162 Å². The molecule has 0 fully saturated rings. The van der Waals surface area contributed by atoms with E-state index in [1.807, 2.05) is 18.7 Å². The van der Waals surface area contributed by atoms with Crippen LogP contribution in [-0.2, 0) is 13.1 Å². The van der Waals surface area contributed by atoms with Gasteiger partial charge < -0.3 is 15.2 Å². The molecule has 0 saturated carbocycles. The molecular formula is C22H31N5.